The number of carbonyl (C=O) groups is 2. The van der Waals surface area contributed by atoms with Gasteiger partial charge in [0.05, 0.1) is 23.6 Å². The van der Waals surface area contributed by atoms with Crippen molar-refractivity contribution in [3.8, 4) is 5.75 Å². The summed E-state index contributed by atoms with van der Waals surface area (Å²) >= 11 is 0. The maximum absolute atomic E-state index is 12.6. The molecule has 1 aromatic heterocycles. The molecule has 1 aliphatic rings. The van der Waals surface area contributed by atoms with E-state index in [0.29, 0.717) is 37.2 Å². The summed E-state index contributed by atoms with van der Waals surface area (Å²) in [4.78, 5) is 28.7. The molecule has 0 radical (unpaired) electrons. The van der Waals surface area contributed by atoms with Crippen molar-refractivity contribution in [1.82, 2.24) is 10.3 Å². The molecule has 7 heteroatoms. The number of aliphatic hydroxyl groups excluding tert-OH is 1. The second kappa shape index (κ2) is 9.36. The molecule has 1 unspecified atom stereocenters. The molecule has 32 heavy (non-hydrogen) atoms. The molecular weight excluding hydrogens is 408 g/mol. The minimum Gasteiger partial charge on any atom is -0.489 e. The fourth-order valence-corrected chi connectivity index (χ4v) is 4.26. The SMILES string of the molecule is Cc1cc(COc2ccc(C(=O)NC3[C@@H](C(=O)O)CCC[C@@H]3O)cc2)c2ccccc2n1. The number of carboxylic acids is 1. The number of carboxylic acid groups (broad SMARTS) is 1. The summed E-state index contributed by atoms with van der Waals surface area (Å²) in [6, 6.07) is 15.8. The molecule has 1 aliphatic carbocycles. The van der Waals surface area contributed by atoms with E-state index in [2.05, 4.69) is 10.3 Å². The average Bonchev–Trinajstić information content (AvgIpc) is 2.78. The second-order valence-electron chi connectivity index (χ2n) is 8.20. The van der Waals surface area contributed by atoms with Crippen LogP contribution >= 0.6 is 0 Å². The first-order valence-electron chi connectivity index (χ1n) is 10.7. The van der Waals surface area contributed by atoms with Gasteiger partial charge in [-0.25, -0.2) is 0 Å². The van der Waals surface area contributed by atoms with Crippen molar-refractivity contribution in [2.45, 2.75) is 44.9 Å². The molecule has 166 valence electrons. The van der Waals surface area contributed by atoms with Crippen LogP contribution < -0.4 is 10.1 Å². The van der Waals surface area contributed by atoms with E-state index in [-0.39, 0.29) is 0 Å². The van der Waals surface area contributed by atoms with Crippen molar-refractivity contribution in [3.05, 3.63) is 71.4 Å². The van der Waals surface area contributed by atoms with Crippen LogP contribution in [-0.2, 0) is 11.4 Å². The number of hydrogen-bond acceptors (Lipinski definition) is 5. The molecule has 2 aromatic carbocycles. The van der Waals surface area contributed by atoms with Crippen LogP contribution in [0.4, 0.5) is 0 Å². The molecule has 1 heterocycles. The third-order valence-corrected chi connectivity index (χ3v) is 5.92. The van der Waals surface area contributed by atoms with Crippen LogP contribution in [0.2, 0.25) is 0 Å². The number of fused-ring (bicyclic) bond motifs is 1. The summed E-state index contributed by atoms with van der Waals surface area (Å²) in [5, 5.41) is 23.3. The van der Waals surface area contributed by atoms with Crippen molar-refractivity contribution < 1.29 is 24.5 Å². The molecule has 0 aliphatic heterocycles. The van der Waals surface area contributed by atoms with E-state index in [1.54, 1.807) is 24.3 Å². The van der Waals surface area contributed by atoms with Crippen molar-refractivity contribution in [3.63, 3.8) is 0 Å². The number of aryl methyl sites for hydroxylation is 1. The lowest BCUT2D eigenvalue weighted by atomic mass is 9.82. The highest BCUT2D eigenvalue weighted by Crippen LogP contribution is 2.26. The number of nitrogens with zero attached hydrogens (tertiary/aromatic N) is 1. The third kappa shape index (κ3) is 4.73. The zero-order chi connectivity index (χ0) is 22.7. The molecule has 7 nitrogen and oxygen atoms in total. The number of pyridine rings is 1. The molecule has 3 N–H and O–H groups in total. The maximum Gasteiger partial charge on any atom is 0.308 e. The fourth-order valence-electron chi connectivity index (χ4n) is 4.26. The Hall–Kier alpha value is -3.45. The Morgan fingerprint density at radius 2 is 1.88 bits per heavy atom. The van der Waals surface area contributed by atoms with Gasteiger partial charge in [0.25, 0.3) is 5.91 Å². The normalized spacial score (nSPS) is 20.6. The summed E-state index contributed by atoms with van der Waals surface area (Å²) in [5.74, 6) is -1.59. The molecule has 0 bridgehead atoms. The quantitative estimate of drug-likeness (QED) is 0.548. The lowest BCUT2D eigenvalue weighted by Gasteiger charge is -2.33. The summed E-state index contributed by atoms with van der Waals surface area (Å²) in [6.07, 6.45) is 0.677. The van der Waals surface area contributed by atoms with E-state index in [4.69, 9.17) is 4.74 Å². The van der Waals surface area contributed by atoms with Gasteiger partial charge in [-0.1, -0.05) is 18.2 Å². The van der Waals surface area contributed by atoms with E-state index < -0.39 is 29.9 Å². The van der Waals surface area contributed by atoms with Crippen LogP contribution in [0.25, 0.3) is 10.9 Å². The summed E-state index contributed by atoms with van der Waals surface area (Å²) in [5.41, 5.74) is 3.24. The molecule has 1 saturated carbocycles. The predicted molar refractivity (Wildman–Crippen MR) is 119 cm³/mol. The zero-order valence-corrected chi connectivity index (χ0v) is 17.8. The van der Waals surface area contributed by atoms with Gasteiger partial charge in [0.1, 0.15) is 12.4 Å². The number of aliphatic carboxylic acids is 1. The van der Waals surface area contributed by atoms with Crippen LogP contribution in [-0.4, -0.2) is 39.2 Å². The van der Waals surface area contributed by atoms with Gasteiger partial charge in [-0.05, 0) is 62.6 Å². The maximum atomic E-state index is 12.6. The Bertz CT molecular complexity index is 1130. The van der Waals surface area contributed by atoms with Gasteiger partial charge >= 0.3 is 5.97 Å². The van der Waals surface area contributed by atoms with Gasteiger partial charge in [0.15, 0.2) is 0 Å². The topological polar surface area (TPSA) is 109 Å². The lowest BCUT2D eigenvalue weighted by molar-refractivity contribution is -0.145. The standard InChI is InChI=1S/C25H26N2O5/c1-15-13-17(19-5-2-3-7-21(19)26-15)14-32-18-11-9-16(10-12-18)24(29)27-23-20(25(30)31)6-4-8-22(23)28/h2-3,5,7,9-13,20,22-23,28H,4,6,8,14H2,1H3,(H,27,29)(H,30,31)/t20-,22-,23?/m0/s1. The fraction of sp³-hybridized carbons (Fsp3) is 0.320. The zero-order valence-electron chi connectivity index (χ0n) is 17.8. The van der Waals surface area contributed by atoms with E-state index in [1.165, 1.54) is 0 Å². The van der Waals surface area contributed by atoms with Crippen molar-refractivity contribution in [1.29, 1.82) is 0 Å². The summed E-state index contributed by atoms with van der Waals surface area (Å²) in [7, 11) is 0. The number of aliphatic hydroxyl groups is 1. The number of ether oxygens (including phenoxy) is 1. The van der Waals surface area contributed by atoms with Gasteiger partial charge in [-0.2, -0.15) is 0 Å². The van der Waals surface area contributed by atoms with Gasteiger partial charge in [0, 0.05) is 22.2 Å². The first kappa shape index (κ1) is 21.8. The number of nitrogens with one attached hydrogen (secondary N) is 1. The molecule has 0 spiro atoms. The summed E-state index contributed by atoms with van der Waals surface area (Å²) < 4.78 is 5.93. The predicted octanol–water partition coefficient (Wildman–Crippen LogP) is 3.47. The van der Waals surface area contributed by atoms with Gasteiger partial charge in [0.2, 0.25) is 0 Å². The number of carbonyl (C=O) groups excluding carboxylic acids is 1. The Morgan fingerprint density at radius 1 is 1.12 bits per heavy atom. The van der Waals surface area contributed by atoms with E-state index in [9.17, 15) is 19.8 Å². The number of hydrogen-bond donors (Lipinski definition) is 3. The number of rotatable bonds is 6. The largest absolute Gasteiger partial charge is 0.489 e. The minimum atomic E-state index is -1.00. The van der Waals surface area contributed by atoms with Crippen molar-refractivity contribution in [2.75, 3.05) is 0 Å². The minimum absolute atomic E-state index is 0.365. The third-order valence-electron chi connectivity index (χ3n) is 5.92. The first-order valence-corrected chi connectivity index (χ1v) is 10.7. The lowest BCUT2D eigenvalue weighted by Crippen LogP contribution is -2.52. The average molecular weight is 434 g/mol. The first-order chi connectivity index (χ1) is 15.4. The van der Waals surface area contributed by atoms with E-state index in [0.717, 1.165) is 22.2 Å². The molecule has 4 rings (SSSR count). The highest BCUT2D eigenvalue weighted by molar-refractivity contribution is 5.95. The van der Waals surface area contributed by atoms with Gasteiger partial charge in [-0.15, -0.1) is 0 Å². The highest BCUT2D eigenvalue weighted by Gasteiger charge is 2.37. The second-order valence-corrected chi connectivity index (χ2v) is 8.20. The van der Waals surface area contributed by atoms with Crippen LogP contribution in [0, 0.1) is 12.8 Å². The Morgan fingerprint density at radius 3 is 2.62 bits per heavy atom. The monoisotopic (exact) mass is 434 g/mol. The highest BCUT2D eigenvalue weighted by atomic mass is 16.5. The molecule has 1 amide bonds. The number of aromatic nitrogens is 1. The Labute approximate surface area is 186 Å². The van der Waals surface area contributed by atoms with Crippen LogP contribution in [0.1, 0.15) is 40.9 Å². The Kier molecular flexibility index (Phi) is 6.37. The molecular formula is C25H26N2O5. The Balaban J connectivity index is 1.42. The van der Waals surface area contributed by atoms with E-state index in [1.807, 2.05) is 37.3 Å². The summed E-state index contributed by atoms with van der Waals surface area (Å²) in [6.45, 7) is 2.31. The molecule has 1 fully saturated rings. The molecule has 0 saturated heterocycles. The number of para-hydroxylation sites is 1. The molecule has 3 atom stereocenters. The van der Waals surface area contributed by atoms with E-state index >= 15 is 0 Å². The van der Waals surface area contributed by atoms with Crippen molar-refractivity contribution in [2.24, 2.45) is 5.92 Å². The van der Waals surface area contributed by atoms with Crippen LogP contribution in [0.5, 0.6) is 5.75 Å². The molecule has 3 aromatic rings. The van der Waals surface area contributed by atoms with Crippen LogP contribution in [0.15, 0.2) is 54.6 Å². The van der Waals surface area contributed by atoms with Gasteiger partial charge in [-0.3, -0.25) is 14.6 Å². The number of benzene rings is 2. The van der Waals surface area contributed by atoms with Crippen LogP contribution in [0.3, 0.4) is 0 Å². The van der Waals surface area contributed by atoms with Gasteiger partial charge < -0.3 is 20.3 Å². The number of amides is 1. The van der Waals surface area contributed by atoms with Crippen molar-refractivity contribution >= 4 is 22.8 Å². The smallest absolute Gasteiger partial charge is 0.308 e.